The van der Waals surface area contributed by atoms with Gasteiger partial charge in [0.25, 0.3) is 0 Å². The maximum atomic E-state index is 8.95. The third kappa shape index (κ3) is 2.58. The van der Waals surface area contributed by atoms with Crippen LogP contribution in [0.3, 0.4) is 0 Å². The quantitative estimate of drug-likeness (QED) is 0.457. The first-order valence-electron chi connectivity index (χ1n) is 7.58. The molecule has 0 saturated heterocycles. The average molecular weight is 321 g/mol. The smallest absolute Gasteiger partial charge is 0.162 e. The van der Waals surface area contributed by atoms with Gasteiger partial charge in [0.2, 0.25) is 0 Å². The van der Waals surface area contributed by atoms with Crippen molar-refractivity contribution in [1.29, 1.82) is 0 Å². The first kappa shape index (κ1) is 14.3. The molecule has 2 aromatic carbocycles. The number of nitrogens with zero attached hydrogens (tertiary/aromatic N) is 3. The summed E-state index contributed by atoms with van der Waals surface area (Å²) >= 11 is 0. The van der Waals surface area contributed by atoms with Gasteiger partial charge in [-0.25, -0.2) is 4.68 Å². The zero-order chi connectivity index (χ0) is 16.4. The minimum Gasteiger partial charge on any atom is -0.486 e. The van der Waals surface area contributed by atoms with E-state index in [4.69, 9.17) is 14.7 Å². The van der Waals surface area contributed by atoms with Gasteiger partial charge in [0.05, 0.1) is 11.9 Å². The van der Waals surface area contributed by atoms with E-state index in [9.17, 15) is 0 Å². The number of oxime groups is 1. The highest BCUT2D eigenvalue weighted by atomic mass is 16.6. The molecule has 4 rings (SSSR count). The number of fused-ring (bicyclic) bond motifs is 1. The minimum atomic E-state index is 0.528. The van der Waals surface area contributed by atoms with Gasteiger partial charge in [-0.05, 0) is 30.3 Å². The first-order chi connectivity index (χ1) is 11.8. The van der Waals surface area contributed by atoms with Gasteiger partial charge in [0.15, 0.2) is 11.5 Å². The lowest BCUT2D eigenvalue weighted by atomic mass is 10.1. The maximum absolute atomic E-state index is 8.95. The van der Waals surface area contributed by atoms with Gasteiger partial charge in [-0.2, -0.15) is 5.10 Å². The molecule has 0 spiro atoms. The molecule has 1 N–H and O–H groups in total. The molecule has 0 saturated carbocycles. The van der Waals surface area contributed by atoms with Crippen molar-refractivity contribution < 1.29 is 14.7 Å². The molecular formula is C18H15N3O3. The van der Waals surface area contributed by atoms with Crippen molar-refractivity contribution >= 4 is 6.21 Å². The molecule has 6 heteroatoms. The van der Waals surface area contributed by atoms with E-state index in [1.807, 2.05) is 54.7 Å². The second kappa shape index (κ2) is 6.08. The van der Waals surface area contributed by atoms with E-state index in [0.717, 1.165) is 17.0 Å². The number of hydrogen-bond donors (Lipinski definition) is 1. The van der Waals surface area contributed by atoms with Gasteiger partial charge >= 0.3 is 0 Å². The Morgan fingerprint density at radius 3 is 2.62 bits per heavy atom. The first-order valence-corrected chi connectivity index (χ1v) is 7.58. The van der Waals surface area contributed by atoms with Gasteiger partial charge in [-0.15, -0.1) is 0 Å². The van der Waals surface area contributed by atoms with Crippen LogP contribution in [0, 0.1) is 0 Å². The molecule has 24 heavy (non-hydrogen) atoms. The fraction of sp³-hybridized carbons (Fsp3) is 0.111. The Morgan fingerprint density at radius 2 is 1.83 bits per heavy atom. The Labute approximate surface area is 138 Å². The highest BCUT2D eigenvalue weighted by molar-refractivity contribution is 5.88. The third-order valence-electron chi connectivity index (χ3n) is 3.78. The predicted molar refractivity (Wildman–Crippen MR) is 89.4 cm³/mol. The van der Waals surface area contributed by atoms with Crippen LogP contribution >= 0.6 is 0 Å². The van der Waals surface area contributed by atoms with Crippen LogP contribution in [0.15, 0.2) is 59.9 Å². The molecule has 1 aliphatic heterocycles. The summed E-state index contributed by atoms with van der Waals surface area (Å²) in [6.45, 7) is 1.08. The molecular weight excluding hydrogens is 306 g/mol. The molecule has 3 aromatic rings. The fourth-order valence-corrected chi connectivity index (χ4v) is 2.67. The van der Waals surface area contributed by atoms with Gasteiger partial charge in [-0.3, -0.25) is 0 Å². The molecule has 1 aliphatic rings. The van der Waals surface area contributed by atoms with Crippen molar-refractivity contribution in [3.05, 3.63) is 60.3 Å². The van der Waals surface area contributed by atoms with Gasteiger partial charge in [0, 0.05) is 17.3 Å². The molecule has 0 fully saturated rings. The summed E-state index contributed by atoms with van der Waals surface area (Å²) in [5.41, 5.74) is 3.20. The van der Waals surface area contributed by atoms with E-state index in [1.165, 1.54) is 6.21 Å². The fourth-order valence-electron chi connectivity index (χ4n) is 2.67. The number of ether oxygens (including phenoxy) is 2. The monoisotopic (exact) mass is 321 g/mol. The van der Waals surface area contributed by atoms with E-state index < -0.39 is 0 Å². The number of benzene rings is 2. The zero-order valence-corrected chi connectivity index (χ0v) is 12.8. The van der Waals surface area contributed by atoms with Crippen LogP contribution < -0.4 is 9.47 Å². The van der Waals surface area contributed by atoms with Crippen molar-refractivity contribution in [1.82, 2.24) is 9.78 Å². The molecule has 1 aromatic heterocycles. The summed E-state index contributed by atoms with van der Waals surface area (Å²) < 4.78 is 12.9. The maximum Gasteiger partial charge on any atom is 0.162 e. The van der Waals surface area contributed by atoms with E-state index in [0.29, 0.717) is 30.2 Å². The minimum absolute atomic E-state index is 0.528. The second-order valence-corrected chi connectivity index (χ2v) is 5.32. The summed E-state index contributed by atoms with van der Waals surface area (Å²) in [6.07, 6.45) is 3.19. The van der Waals surface area contributed by atoms with Crippen LogP contribution in [0.2, 0.25) is 0 Å². The summed E-state index contributed by atoms with van der Waals surface area (Å²) in [4.78, 5) is 0. The largest absolute Gasteiger partial charge is 0.486 e. The summed E-state index contributed by atoms with van der Waals surface area (Å²) in [6, 6.07) is 15.4. The molecule has 0 unspecified atom stereocenters. The Morgan fingerprint density at radius 1 is 1.04 bits per heavy atom. The molecule has 0 bridgehead atoms. The number of aromatic nitrogens is 2. The average Bonchev–Trinajstić information content (AvgIpc) is 3.06. The number of para-hydroxylation sites is 1. The van der Waals surface area contributed by atoms with Crippen molar-refractivity contribution in [3.63, 3.8) is 0 Å². The van der Waals surface area contributed by atoms with Crippen molar-refractivity contribution in [2.75, 3.05) is 13.2 Å². The molecule has 0 aliphatic carbocycles. The lowest BCUT2D eigenvalue weighted by molar-refractivity contribution is 0.171. The molecule has 0 atom stereocenters. The molecule has 0 radical (unpaired) electrons. The van der Waals surface area contributed by atoms with E-state index >= 15 is 0 Å². The second-order valence-electron chi connectivity index (χ2n) is 5.32. The van der Waals surface area contributed by atoms with Crippen LogP contribution in [0.4, 0.5) is 0 Å². The Bertz CT molecular complexity index is 888. The van der Waals surface area contributed by atoms with E-state index in [2.05, 4.69) is 10.3 Å². The van der Waals surface area contributed by atoms with Crippen LogP contribution in [0.1, 0.15) is 5.56 Å². The van der Waals surface area contributed by atoms with Crippen LogP contribution in [0.5, 0.6) is 11.5 Å². The van der Waals surface area contributed by atoms with Crippen LogP contribution in [-0.4, -0.2) is 34.4 Å². The predicted octanol–water partition coefficient (Wildman–Crippen LogP) is 3.12. The lowest BCUT2D eigenvalue weighted by Crippen LogP contribution is -2.15. The Balaban J connectivity index is 1.81. The Kier molecular flexibility index (Phi) is 3.63. The molecule has 0 amide bonds. The van der Waals surface area contributed by atoms with Crippen molar-refractivity contribution in [3.8, 4) is 28.4 Å². The third-order valence-corrected chi connectivity index (χ3v) is 3.78. The van der Waals surface area contributed by atoms with Gasteiger partial charge in [-0.1, -0.05) is 23.4 Å². The standard InChI is InChI=1S/C18H15N3O3/c22-19-11-14-12-21(15-4-2-1-3-5-15)20-18(14)13-6-7-16-17(10-13)24-9-8-23-16/h1-7,10-12,22H,8-9H2/b19-11+. The molecule has 2 heterocycles. The van der Waals surface area contributed by atoms with Gasteiger partial charge in [0.1, 0.15) is 18.9 Å². The van der Waals surface area contributed by atoms with E-state index in [1.54, 1.807) is 4.68 Å². The normalized spacial score (nSPS) is 13.3. The van der Waals surface area contributed by atoms with Crippen molar-refractivity contribution in [2.24, 2.45) is 5.16 Å². The number of rotatable bonds is 3. The van der Waals surface area contributed by atoms with Crippen LogP contribution in [0.25, 0.3) is 16.9 Å². The SMILES string of the molecule is O/N=C/c1cn(-c2ccccc2)nc1-c1ccc2c(c1)OCCO2. The van der Waals surface area contributed by atoms with Crippen LogP contribution in [-0.2, 0) is 0 Å². The van der Waals surface area contributed by atoms with E-state index in [-0.39, 0.29) is 0 Å². The Hall–Kier alpha value is -3.28. The summed E-state index contributed by atoms with van der Waals surface area (Å²) in [5.74, 6) is 1.42. The molecule has 6 nitrogen and oxygen atoms in total. The molecule has 120 valence electrons. The lowest BCUT2D eigenvalue weighted by Gasteiger charge is -2.18. The van der Waals surface area contributed by atoms with Gasteiger partial charge < -0.3 is 14.7 Å². The highest BCUT2D eigenvalue weighted by Crippen LogP contribution is 2.35. The summed E-state index contributed by atoms with van der Waals surface area (Å²) in [5, 5.41) is 16.7. The number of hydrogen-bond acceptors (Lipinski definition) is 5. The van der Waals surface area contributed by atoms with Crippen molar-refractivity contribution in [2.45, 2.75) is 0 Å². The summed E-state index contributed by atoms with van der Waals surface area (Å²) in [7, 11) is 0. The highest BCUT2D eigenvalue weighted by Gasteiger charge is 2.16. The zero-order valence-electron chi connectivity index (χ0n) is 12.8. The topological polar surface area (TPSA) is 68.9 Å².